The molecule has 2 heteroatoms. The fourth-order valence-electron chi connectivity index (χ4n) is 2.89. The zero-order valence-electron chi connectivity index (χ0n) is 12.0. The van der Waals surface area contributed by atoms with E-state index in [1.54, 1.807) is 0 Å². The number of nitrogens with two attached hydrogens (primary N) is 1. The second-order valence-electron chi connectivity index (χ2n) is 5.69. The summed E-state index contributed by atoms with van der Waals surface area (Å²) in [4.78, 5) is 2.50. The van der Waals surface area contributed by atoms with Crippen LogP contribution in [0.5, 0.6) is 0 Å². The Kier molecular flexibility index (Phi) is 3.49. The van der Waals surface area contributed by atoms with Gasteiger partial charge in [-0.1, -0.05) is 19.1 Å². The van der Waals surface area contributed by atoms with E-state index in [1.807, 2.05) is 0 Å². The van der Waals surface area contributed by atoms with Crippen LogP contribution < -0.4 is 10.6 Å². The molecule has 2 nitrogen and oxygen atoms in total. The molecule has 1 aromatic carbocycles. The highest BCUT2D eigenvalue weighted by Gasteiger charge is 2.30. The second-order valence-corrected chi connectivity index (χ2v) is 5.69. The molecule has 2 rings (SSSR count). The summed E-state index contributed by atoms with van der Waals surface area (Å²) in [5.74, 6) is 0. The Morgan fingerprint density at radius 3 is 2.61 bits per heavy atom. The van der Waals surface area contributed by atoms with Crippen LogP contribution in [0, 0.1) is 0 Å². The molecule has 0 amide bonds. The molecule has 0 unspecified atom stereocenters. The average molecular weight is 244 g/mol. The molecule has 1 heterocycles. The van der Waals surface area contributed by atoms with E-state index in [0.29, 0.717) is 6.54 Å². The molecule has 1 aromatic rings. The van der Waals surface area contributed by atoms with Gasteiger partial charge in [0.15, 0.2) is 0 Å². The summed E-state index contributed by atoms with van der Waals surface area (Å²) < 4.78 is 0. The molecule has 0 spiro atoms. The number of benzene rings is 1. The number of fused-ring (bicyclic) bond motifs is 1. The number of hydrogen-bond donors (Lipinski definition) is 1. The molecule has 0 fully saturated rings. The molecular weight excluding hydrogens is 220 g/mol. The Hall–Kier alpha value is -1.28. The highest BCUT2D eigenvalue weighted by atomic mass is 15.2. The van der Waals surface area contributed by atoms with Crippen molar-refractivity contribution in [2.45, 2.75) is 46.2 Å². The Labute approximate surface area is 110 Å². The summed E-state index contributed by atoms with van der Waals surface area (Å²) in [5, 5.41) is 0. The normalized spacial score (nSPS) is 17.4. The van der Waals surface area contributed by atoms with Crippen LogP contribution in [0.15, 0.2) is 24.3 Å². The lowest BCUT2D eigenvalue weighted by Crippen LogP contribution is -2.45. The molecule has 0 bridgehead atoms. The zero-order valence-corrected chi connectivity index (χ0v) is 12.0. The predicted octanol–water partition coefficient (Wildman–Crippen LogP) is 3.56. The Bertz CT molecular complexity index is 472. The molecule has 0 saturated heterocycles. The molecular formula is C16H24N2. The van der Waals surface area contributed by atoms with E-state index < -0.39 is 0 Å². The van der Waals surface area contributed by atoms with E-state index in [-0.39, 0.29) is 5.54 Å². The fourth-order valence-corrected chi connectivity index (χ4v) is 2.89. The van der Waals surface area contributed by atoms with E-state index in [4.69, 9.17) is 5.73 Å². The molecule has 0 radical (unpaired) electrons. The van der Waals surface area contributed by atoms with Gasteiger partial charge in [0, 0.05) is 24.3 Å². The van der Waals surface area contributed by atoms with Crippen molar-refractivity contribution in [3.05, 3.63) is 35.4 Å². The quantitative estimate of drug-likeness (QED) is 0.881. The summed E-state index contributed by atoms with van der Waals surface area (Å²) >= 11 is 0. The van der Waals surface area contributed by atoms with E-state index in [9.17, 15) is 0 Å². The van der Waals surface area contributed by atoms with Gasteiger partial charge in [-0.15, -0.1) is 0 Å². The van der Waals surface area contributed by atoms with E-state index >= 15 is 0 Å². The third-order valence-corrected chi connectivity index (χ3v) is 3.72. The van der Waals surface area contributed by atoms with Gasteiger partial charge >= 0.3 is 0 Å². The Morgan fingerprint density at radius 1 is 1.28 bits per heavy atom. The van der Waals surface area contributed by atoms with Crippen LogP contribution in [0.4, 0.5) is 5.69 Å². The van der Waals surface area contributed by atoms with Crippen LogP contribution >= 0.6 is 0 Å². The van der Waals surface area contributed by atoms with Crippen LogP contribution in [-0.4, -0.2) is 12.1 Å². The summed E-state index contributed by atoms with van der Waals surface area (Å²) in [7, 11) is 0. The van der Waals surface area contributed by atoms with Gasteiger partial charge in [-0.2, -0.15) is 0 Å². The molecule has 0 aliphatic carbocycles. The molecule has 1 aliphatic rings. The number of nitrogens with zero attached hydrogens (tertiary/aromatic N) is 1. The largest absolute Gasteiger partial charge is 0.362 e. The molecule has 0 atom stereocenters. The van der Waals surface area contributed by atoms with Crippen molar-refractivity contribution in [3.8, 4) is 0 Å². The van der Waals surface area contributed by atoms with Gasteiger partial charge in [-0.25, -0.2) is 0 Å². The number of allylic oxidation sites excluding steroid dienone is 1. The van der Waals surface area contributed by atoms with Gasteiger partial charge in [0.1, 0.15) is 0 Å². The maximum Gasteiger partial charge on any atom is 0.0534 e. The van der Waals surface area contributed by atoms with Crippen molar-refractivity contribution in [1.29, 1.82) is 0 Å². The van der Waals surface area contributed by atoms with Crippen molar-refractivity contribution < 1.29 is 0 Å². The maximum atomic E-state index is 5.74. The summed E-state index contributed by atoms with van der Waals surface area (Å²) in [6.45, 7) is 10.7. The molecule has 0 aromatic heterocycles. The lowest BCUT2D eigenvalue weighted by molar-refractivity contribution is 0.550. The smallest absolute Gasteiger partial charge is 0.0534 e. The predicted molar refractivity (Wildman–Crippen MR) is 79.7 cm³/mol. The van der Waals surface area contributed by atoms with E-state index in [1.165, 1.54) is 22.4 Å². The van der Waals surface area contributed by atoms with Crippen molar-refractivity contribution in [3.63, 3.8) is 0 Å². The monoisotopic (exact) mass is 244 g/mol. The Balaban J connectivity index is 2.54. The van der Waals surface area contributed by atoms with Crippen molar-refractivity contribution >= 4 is 11.3 Å². The summed E-state index contributed by atoms with van der Waals surface area (Å²) in [6, 6.07) is 6.61. The summed E-state index contributed by atoms with van der Waals surface area (Å²) in [5.41, 5.74) is 11.1. The summed E-state index contributed by atoms with van der Waals surface area (Å²) in [6.07, 6.45) is 3.53. The van der Waals surface area contributed by atoms with Gasteiger partial charge in [-0.3, -0.25) is 0 Å². The third kappa shape index (κ3) is 2.17. The maximum absolute atomic E-state index is 5.74. The van der Waals surface area contributed by atoms with Crippen LogP contribution in [0.25, 0.3) is 5.57 Å². The van der Waals surface area contributed by atoms with Crippen molar-refractivity contribution in [2.24, 2.45) is 5.73 Å². The van der Waals surface area contributed by atoms with Crippen LogP contribution in [0.3, 0.4) is 0 Å². The topological polar surface area (TPSA) is 29.3 Å². The first kappa shape index (κ1) is 13.2. The van der Waals surface area contributed by atoms with Gasteiger partial charge < -0.3 is 10.6 Å². The van der Waals surface area contributed by atoms with Gasteiger partial charge in [0.2, 0.25) is 0 Å². The van der Waals surface area contributed by atoms with Gasteiger partial charge in [0.05, 0.1) is 5.54 Å². The van der Waals surface area contributed by atoms with Crippen molar-refractivity contribution in [1.82, 2.24) is 0 Å². The second kappa shape index (κ2) is 4.77. The lowest BCUT2D eigenvalue weighted by Gasteiger charge is -2.43. The minimum absolute atomic E-state index is 0.0946. The lowest BCUT2D eigenvalue weighted by atomic mass is 9.88. The number of rotatable bonds is 3. The first-order valence-electron chi connectivity index (χ1n) is 6.80. The molecule has 98 valence electrons. The molecule has 0 saturated carbocycles. The minimum atomic E-state index is 0.0946. The van der Waals surface area contributed by atoms with Crippen LogP contribution in [-0.2, 0) is 6.54 Å². The standard InChI is InChI=1S/C16H24N2/c1-5-8-18-15-7-6-13(11-17)9-14(15)12(2)10-16(18,3)4/h6-7,9-10H,5,8,11,17H2,1-4H3. The van der Waals surface area contributed by atoms with E-state index in [0.717, 1.165) is 13.0 Å². The van der Waals surface area contributed by atoms with Crippen molar-refractivity contribution in [2.75, 3.05) is 11.4 Å². The highest BCUT2D eigenvalue weighted by molar-refractivity contribution is 5.81. The van der Waals surface area contributed by atoms with Crippen LogP contribution in [0.1, 0.15) is 45.2 Å². The first-order chi connectivity index (χ1) is 8.49. The van der Waals surface area contributed by atoms with Gasteiger partial charge in [0.25, 0.3) is 0 Å². The zero-order chi connectivity index (χ0) is 13.3. The minimum Gasteiger partial charge on any atom is -0.362 e. The third-order valence-electron chi connectivity index (χ3n) is 3.72. The Morgan fingerprint density at radius 2 is 2.00 bits per heavy atom. The number of anilines is 1. The number of hydrogen-bond acceptors (Lipinski definition) is 2. The van der Waals surface area contributed by atoms with E-state index in [2.05, 4.69) is 56.9 Å². The molecule has 1 aliphatic heterocycles. The highest BCUT2D eigenvalue weighted by Crippen LogP contribution is 2.39. The van der Waals surface area contributed by atoms with Crippen LogP contribution in [0.2, 0.25) is 0 Å². The first-order valence-corrected chi connectivity index (χ1v) is 6.80. The SMILES string of the molecule is CCCN1c2ccc(CN)cc2C(C)=CC1(C)C. The molecule has 18 heavy (non-hydrogen) atoms. The fraction of sp³-hybridized carbons (Fsp3) is 0.500. The molecule has 2 N–H and O–H groups in total. The van der Waals surface area contributed by atoms with Gasteiger partial charge in [-0.05, 0) is 50.5 Å². The average Bonchev–Trinajstić information content (AvgIpc) is 2.33.